The van der Waals surface area contributed by atoms with Crippen molar-refractivity contribution in [3.8, 4) is 11.1 Å². The average Bonchev–Trinajstić information content (AvgIpc) is 2.83. The number of amides is 1. The van der Waals surface area contributed by atoms with Gasteiger partial charge in [0.2, 0.25) is 16.0 Å². The number of piperazine rings is 1. The highest BCUT2D eigenvalue weighted by Crippen LogP contribution is 2.32. The molecular formula is C24H30N6O3S. The number of nitrogens with zero attached hydrogens (tertiary/aromatic N) is 5. The number of fused-ring (bicyclic) bond motifs is 1. The number of nitrogen functional groups attached to an aromatic ring is 1. The van der Waals surface area contributed by atoms with Crippen molar-refractivity contribution in [2.24, 2.45) is 0 Å². The van der Waals surface area contributed by atoms with Gasteiger partial charge in [-0.2, -0.15) is 4.31 Å². The van der Waals surface area contributed by atoms with Crippen LogP contribution in [0.5, 0.6) is 0 Å². The van der Waals surface area contributed by atoms with Crippen LogP contribution in [0.3, 0.4) is 0 Å². The minimum absolute atomic E-state index is 0.0199. The van der Waals surface area contributed by atoms with Gasteiger partial charge in [0.15, 0.2) is 0 Å². The summed E-state index contributed by atoms with van der Waals surface area (Å²) in [5.41, 5.74) is 7.86. The van der Waals surface area contributed by atoms with Crippen LogP contribution in [0.2, 0.25) is 0 Å². The van der Waals surface area contributed by atoms with Crippen LogP contribution in [0.25, 0.3) is 22.0 Å². The first-order chi connectivity index (χ1) is 16.2. The van der Waals surface area contributed by atoms with E-state index in [4.69, 9.17) is 5.73 Å². The number of likely N-dealkylation sites (N-methyl/N-ethyl adjacent to an activating group) is 1. The van der Waals surface area contributed by atoms with Crippen molar-refractivity contribution in [2.75, 3.05) is 52.6 Å². The molecule has 0 unspecified atom stereocenters. The molecule has 180 valence electrons. The number of carbonyl (C=O) groups excluding carboxylic acids is 1. The number of aromatic nitrogens is 2. The van der Waals surface area contributed by atoms with Gasteiger partial charge in [-0.25, -0.2) is 18.4 Å². The molecule has 9 nitrogen and oxygen atoms in total. The van der Waals surface area contributed by atoms with Crippen molar-refractivity contribution < 1.29 is 13.2 Å². The van der Waals surface area contributed by atoms with Crippen LogP contribution in [-0.4, -0.2) is 85.2 Å². The molecule has 1 amide bonds. The summed E-state index contributed by atoms with van der Waals surface area (Å²) in [5.74, 6) is -0.233. The molecule has 2 aromatic carbocycles. The van der Waals surface area contributed by atoms with Crippen LogP contribution in [0.4, 0.5) is 5.95 Å². The van der Waals surface area contributed by atoms with Gasteiger partial charge in [0, 0.05) is 50.7 Å². The second-order valence-corrected chi connectivity index (χ2v) is 10.5. The lowest BCUT2D eigenvalue weighted by molar-refractivity contribution is 0.0791. The summed E-state index contributed by atoms with van der Waals surface area (Å²) in [6, 6.07) is 12.3. The average molecular weight is 483 g/mol. The molecule has 1 aromatic heterocycles. The Labute approximate surface area is 200 Å². The number of rotatable bonds is 6. The molecule has 2 heterocycles. The van der Waals surface area contributed by atoms with Gasteiger partial charge < -0.3 is 15.5 Å². The lowest BCUT2D eigenvalue weighted by Gasteiger charge is -2.32. The summed E-state index contributed by atoms with van der Waals surface area (Å²) in [6.07, 6.45) is 0.809. The van der Waals surface area contributed by atoms with E-state index in [1.807, 2.05) is 20.0 Å². The van der Waals surface area contributed by atoms with E-state index in [2.05, 4.69) is 14.9 Å². The molecule has 1 aliphatic heterocycles. The number of anilines is 1. The number of carbonyl (C=O) groups is 1. The predicted octanol–water partition coefficient (Wildman–Crippen LogP) is 2.30. The standard InChI is InChI=1S/C24H30N6O3S/c1-4-11-29(3)23(31)22-19-16-17(9-10-20(19)26-24(25)27-22)18-7-5-6-8-21(18)34(32,33)30-14-12-28(2)13-15-30/h5-10,16H,4,11-15H2,1-3H3,(H2,25,26,27). The Kier molecular flexibility index (Phi) is 6.83. The third-order valence-corrected chi connectivity index (χ3v) is 8.06. The van der Waals surface area contributed by atoms with Crippen LogP contribution >= 0.6 is 0 Å². The Morgan fingerprint density at radius 3 is 2.50 bits per heavy atom. The van der Waals surface area contributed by atoms with E-state index in [0.717, 1.165) is 6.42 Å². The second kappa shape index (κ2) is 9.65. The third kappa shape index (κ3) is 4.61. The summed E-state index contributed by atoms with van der Waals surface area (Å²) in [4.78, 5) is 25.5. The van der Waals surface area contributed by atoms with Crippen molar-refractivity contribution in [3.05, 3.63) is 48.2 Å². The molecule has 3 aromatic rings. The number of hydrogen-bond acceptors (Lipinski definition) is 7. The van der Waals surface area contributed by atoms with E-state index in [1.165, 1.54) is 4.31 Å². The zero-order valence-electron chi connectivity index (χ0n) is 19.7. The maximum absolute atomic E-state index is 13.5. The normalized spacial score (nSPS) is 15.5. The lowest BCUT2D eigenvalue weighted by Crippen LogP contribution is -2.47. The van der Waals surface area contributed by atoms with Gasteiger partial charge in [-0.05, 0) is 37.2 Å². The van der Waals surface area contributed by atoms with Crippen molar-refractivity contribution in [1.29, 1.82) is 0 Å². The molecule has 1 aliphatic rings. The summed E-state index contributed by atoms with van der Waals surface area (Å²) in [7, 11) is 0.0135. The molecule has 34 heavy (non-hydrogen) atoms. The molecule has 0 bridgehead atoms. The first-order valence-electron chi connectivity index (χ1n) is 11.3. The molecule has 2 N–H and O–H groups in total. The minimum atomic E-state index is -3.69. The first-order valence-corrected chi connectivity index (χ1v) is 12.8. The molecular weight excluding hydrogens is 452 g/mol. The topological polar surface area (TPSA) is 113 Å². The van der Waals surface area contributed by atoms with Gasteiger partial charge in [0.1, 0.15) is 5.69 Å². The van der Waals surface area contributed by atoms with Crippen molar-refractivity contribution >= 4 is 32.8 Å². The fourth-order valence-electron chi connectivity index (χ4n) is 4.19. The fraction of sp³-hybridized carbons (Fsp3) is 0.375. The highest BCUT2D eigenvalue weighted by Gasteiger charge is 2.30. The molecule has 1 saturated heterocycles. The molecule has 4 rings (SSSR count). The van der Waals surface area contributed by atoms with Gasteiger partial charge in [0.05, 0.1) is 10.4 Å². The summed E-state index contributed by atoms with van der Waals surface area (Å²) >= 11 is 0. The predicted molar refractivity (Wildman–Crippen MR) is 133 cm³/mol. The number of hydrogen-bond donors (Lipinski definition) is 1. The summed E-state index contributed by atoms with van der Waals surface area (Å²) in [5, 5.41) is 0.534. The third-order valence-electron chi connectivity index (χ3n) is 6.10. The second-order valence-electron chi connectivity index (χ2n) is 8.59. The minimum Gasteiger partial charge on any atom is -0.368 e. The SMILES string of the molecule is CCCN(C)C(=O)c1nc(N)nc2ccc(-c3ccccc3S(=O)(=O)N3CCN(C)CC3)cc12. The van der Waals surface area contributed by atoms with Crippen molar-refractivity contribution in [3.63, 3.8) is 0 Å². The quantitative estimate of drug-likeness (QED) is 0.574. The van der Waals surface area contributed by atoms with E-state index in [0.29, 0.717) is 54.8 Å². The highest BCUT2D eigenvalue weighted by molar-refractivity contribution is 7.89. The number of benzene rings is 2. The molecule has 0 spiro atoms. The maximum atomic E-state index is 13.5. The molecule has 1 fully saturated rings. The van der Waals surface area contributed by atoms with Gasteiger partial charge >= 0.3 is 0 Å². The van der Waals surface area contributed by atoms with Gasteiger partial charge in [0.25, 0.3) is 5.91 Å². The van der Waals surface area contributed by atoms with Crippen LogP contribution in [0.15, 0.2) is 47.4 Å². The Morgan fingerprint density at radius 1 is 1.09 bits per heavy atom. The molecule has 10 heteroatoms. The van der Waals surface area contributed by atoms with Gasteiger partial charge in [-0.3, -0.25) is 4.79 Å². The molecule has 0 atom stereocenters. The molecule has 0 saturated carbocycles. The van der Waals surface area contributed by atoms with Crippen LogP contribution in [0, 0.1) is 0 Å². The first kappa shape index (κ1) is 24.1. The highest BCUT2D eigenvalue weighted by atomic mass is 32.2. The van der Waals surface area contributed by atoms with Crippen LogP contribution in [0.1, 0.15) is 23.8 Å². The van der Waals surface area contributed by atoms with Crippen LogP contribution < -0.4 is 5.73 Å². The Bertz CT molecular complexity index is 1320. The van der Waals surface area contributed by atoms with Gasteiger partial charge in [-0.15, -0.1) is 0 Å². The Morgan fingerprint density at radius 2 is 1.79 bits per heavy atom. The summed E-state index contributed by atoms with van der Waals surface area (Å²) < 4.78 is 28.6. The zero-order chi connectivity index (χ0) is 24.5. The van der Waals surface area contributed by atoms with Crippen molar-refractivity contribution in [2.45, 2.75) is 18.2 Å². The van der Waals surface area contributed by atoms with Crippen molar-refractivity contribution in [1.82, 2.24) is 24.1 Å². The molecule has 0 radical (unpaired) electrons. The van der Waals surface area contributed by atoms with E-state index < -0.39 is 10.0 Å². The smallest absolute Gasteiger partial charge is 0.273 e. The number of sulfonamides is 1. The zero-order valence-corrected chi connectivity index (χ0v) is 20.5. The van der Waals surface area contributed by atoms with Gasteiger partial charge in [-0.1, -0.05) is 31.2 Å². The van der Waals surface area contributed by atoms with E-state index >= 15 is 0 Å². The Balaban J connectivity index is 1.82. The van der Waals surface area contributed by atoms with E-state index in [1.54, 1.807) is 48.3 Å². The largest absolute Gasteiger partial charge is 0.368 e. The molecule has 0 aliphatic carbocycles. The van der Waals surface area contributed by atoms with E-state index in [9.17, 15) is 13.2 Å². The van der Waals surface area contributed by atoms with Crippen LogP contribution in [-0.2, 0) is 10.0 Å². The number of nitrogens with two attached hydrogens (primary N) is 1. The fourth-order valence-corrected chi connectivity index (χ4v) is 5.83. The lowest BCUT2D eigenvalue weighted by atomic mass is 10.0. The maximum Gasteiger partial charge on any atom is 0.273 e. The van der Waals surface area contributed by atoms with E-state index in [-0.39, 0.29) is 22.4 Å². The Hall–Kier alpha value is -3.08. The monoisotopic (exact) mass is 482 g/mol. The summed E-state index contributed by atoms with van der Waals surface area (Å²) in [6.45, 7) is 4.84.